The fraction of sp³-hybridized carbons (Fsp3) is 0.250. The highest BCUT2D eigenvalue weighted by Crippen LogP contribution is 2.32. The van der Waals surface area contributed by atoms with Gasteiger partial charge in [-0.3, -0.25) is 4.79 Å². The van der Waals surface area contributed by atoms with Gasteiger partial charge in [-0.25, -0.2) is 0 Å². The van der Waals surface area contributed by atoms with Gasteiger partial charge in [0.25, 0.3) is 0 Å². The zero-order chi connectivity index (χ0) is 18.6. The third kappa shape index (κ3) is 3.92. The summed E-state index contributed by atoms with van der Waals surface area (Å²) in [5, 5.41) is 6.85. The van der Waals surface area contributed by atoms with Crippen molar-refractivity contribution >= 4 is 11.6 Å². The maximum atomic E-state index is 12.2. The van der Waals surface area contributed by atoms with Crippen molar-refractivity contribution in [3.63, 3.8) is 0 Å². The van der Waals surface area contributed by atoms with Crippen LogP contribution in [0.5, 0.6) is 11.5 Å². The molecule has 7 nitrogen and oxygen atoms in total. The Kier molecular flexibility index (Phi) is 4.74. The Balaban J connectivity index is 1.35. The number of fused-ring (bicyclic) bond motifs is 1. The molecule has 1 aliphatic heterocycles. The van der Waals surface area contributed by atoms with Gasteiger partial charge < -0.3 is 19.3 Å². The molecule has 1 amide bonds. The van der Waals surface area contributed by atoms with Crippen molar-refractivity contribution in [2.75, 3.05) is 18.5 Å². The second kappa shape index (κ2) is 7.49. The molecule has 0 fully saturated rings. The summed E-state index contributed by atoms with van der Waals surface area (Å²) in [5.41, 5.74) is 2.66. The van der Waals surface area contributed by atoms with Crippen LogP contribution in [0.25, 0.3) is 11.4 Å². The molecule has 0 bridgehead atoms. The van der Waals surface area contributed by atoms with Gasteiger partial charge in [-0.15, -0.1) is 0 Å². The standard InChI is InChI=1S/C20H19N3O4/c1-13-4-2-3-5-15(13)20-22-19(27-23-20)9-8-18(24)21-14-6-7-16-17(12-14)26-11-10-25-16/h2-7,12H,8-11H2,1H3,(H,21,24). The lowest BCUT2D eigenvalue weighted by molar-refractivity contribution is -0.116. The van der Waals surface area contributed by atoms with Crippen LogP contribution in [0.1, 0.15) is 17.9 Å². The number of ether oxygens (including phenoxy) is 2. The number of benzene rings is 2. The Morgan fingerprint density at radius 2 is 1.93 bits per heavy atom. The lowest BCUT2D eigenvalue weighted by Crippen LogP contribution is -2.16. The topological polar surface area (TPSA) is 86.5 Å². The number of hydrogen-bond donors (Lipinski definition) is 1. The minimum Gasteiger partial charge on any atom is -0.486 e. The number of aromatic nitrogens is 2. The summed E-state index contributed by atoms with van der Waals surface area (Å²) in [7, 11) is 0. The highest BCUT2D eigenvalue weighted by Gasteiger charge is 2.14. The molecule has 2 heterocycles. The predicted molar refractivity (Wildman–Crippen MR) is 98.9 cm³/mol. The van der Waals surface area contributed by atoms with Crippen LogP contribution in [-0.2, 0) is 11.2 Å². The van der Waals surface area contributed by atoms with Crippen molar-refractivity contribution in [1.29, 1.82) is 0 Å². The van der Waals surface area contributed by atoms with Gasteiger partial charge in [0.15, 0.2) is 11.5 Å². The van der Waals surface area contributed by atoms with Crippen LogP contribution < -0.4 is 14.8 Å². The Morgan fingerprint density at radius 1 is 1.11 bits per heavy atom. The number of carbonyl (C=O) groups is 1. The van der Waals surface area contributed by atoms with Crippen LogP contribution in [0, 0.1) is 6.92 Å². The highest BCUT2D eigenvalue weighted by atomic mass is 16.6. The van der Waals surface area contributed by atoms with E-state index in [0.717, 1.165) is 11.1 Å². The minimum absolute atomic E-state index is 0.137. The zero-order valence-electron chi connectivity index (χ0n) is 14.9. The molecule has 0 radical (unpaired) electrons. The SMILES string of the molecule is Cc1ccccc1-c1noc(CCC(=O)Nc2ccc3c(c2)OCCO3)n1. The van der Waals surface area contributed by atoms with E-state index in [1.165, 1.54) is 0 Å². The number of carbonyl (C=O) groups excluding carboxylic acids is 1. The van der Waals surface area contributed by atoms with E-state index >= 15 is 0 Å². The zero-order valence-corrected chi connectivity index (χ0v) is 14.9. The van der Waals surface area contributed by atoms with Gasteiger partial charge in [-0.05, 0) is 24.6 Å². The normalized spacial score (nSPS) is 12.6. The lowest BCUT2D eigenvalue weighted by atomic mass is 10.1. The number of nitrogens with zero attached hydrogens (tertiary/aromatic N) is 2. The molecular formula is C20H19N3O4. The molecule has 0 saturated carbocycles. The minimum atomic E-state index is -0.137. The van der Waals surface area contributed by atoms with E-state index in [1.54, 1.807) is 18.2 Å². The van der Waals surface area contributed by atoms with Crippen LogP contribution in [0.2, 0.25) is 0 Å². The largest absolute Gasteiger partial charge is 0.486 e. The fourth-order valence-corrected chi connectivity index (χ4v) is 2.85. The summed E-state index contributed by atoms with van der Waals surface area (Å²) in [5.74, 6) is 2.16. The van der Waals surface area contributed by atoms with E-state index in [4.69, 9.17) is 14.0 Å². The highest BCUT2D eigenvalue weighted by molar-refractivity contribution is 5.91. The number of aryl methyl sites for hydroxylation is 2. The lowest BCUT2D eigenvalue weighted by Gasteiger charge is -2.18. The van der Waals surface area contributed by atoms with Gasteiger partial charge in [0.2, 0.25) is 17.6 Å². The molecule has 0 atom stereocenters. The first kappa shape index (κ1) is 17.1. The summed E-state index contributed by atoms with van der Waals surface area (Å²) in [6.45, 7) is 3.03. The Labute approximate surface area is 156 Å². The summed E-state index contributed by atoms with van der Waals surface area (Å²) in [4.78, 5) is 16.6. The van der Waals surface area contributed by atoms with Crippen molar-refractivity contribution in [2.45, 2.75) is 19.8 Å². The number of amides is 1. The molecular weight excluding hydrogens is 346 g/mol. The second-order valence-electron chi connectivity index (χ2n) is 6.23. The second-order valence-corrected chi connectivity index (χ2v) is 6.23. The molecule has 0 unspecified atom stereocenters. The van der Waals surface area contributed by atoms with Gasteiger partial charge in [-0.2, -0.15) is 4.98 Å². The van der Waals surface area contributed by atoms with Gasteiger partial charge in [0, 0.05) is 30.2 Å². The Bertz CT molecular complexity index is 967. The first-order valence-electron chi connectivity index (χ1n) is 8.77. The number of anilines is 1. The maximum Gasteiger partial charge on any atom is 0.227 e. The molecule has 1 aromatic heterocycles. The average molecular weight is 365 g/mol. The monoisotopic (exact) mass is 365 g/mol. The van der Waals surface area contributed by atoms with Gasteiger partial charge in [0.05, 0.1) is 0 Å². The molecule has 3 aromatic rings. The van der Waals surface area contributed by atoms with E-state index < -0.39 is 0 Å². The quantitative estimate of drug-likeness (QED) is 0.746. The predicted octanol–water partition coefficient (Wildman–Crippen LogP) is 3.39. The van der Waals surface area contributed by atoms with Gasteiger partial charge >= 0.3 is 0 Å². The average Bonchev–Trinajstić information content (AvgIpc) is 3.15. The summed E-state index contributed by atoms with van der Waals surface area (Å²) >= 11 is 0. The van der Waals surface area contributed by atoms with Crippen LogP contribution >= 0.6 is 0 Å². The summed E-state index contributed by atoms with van der Waals surface area (Å²) < 4.78 is 16.3. The van der Waals surface area contributed by atoms with Crippen molar-refractivity contribution in [3.8, 4) is 22.9 Å². The molecule has 0 saturated heterocycles. The number of rotatable bonds is 5. The molecule has 4 rings (SSSR count). The van der Waals surface area contributed by atoms with Gasteiger partial charge in [-0.1, -0.05) is 29.4 Å². The molecule has 27 heavy (non-hydrogen) atoms. The van der Waals surface area contributed by atoms with Crippen LogP contribution in [0.3, 0.4) is 0 Å². The van der Waals surface area contributed by atoms with E-state index in [2.05, 4.69) is 15.5 Å². The number of nitrogens with one attached hydrogen (secondary N) is 1. The van der Waals surface area contributed by atoms with Crippen LogP contribution in [0.15, 0.2) is 47.0 Å². The van der Waals surface area contributed by atoms with Crippen molar-refractivity contribution < 1.29 is 18.8 Å². The van der Waals surface area contributed by atoms with Crippen molar-refractivity contribution in [1.82, 2.24) is 10.1 Å². The molecule has 0 spiro atoms. The molecule has 0 aliphatic carbocycles. The molecule has 1 N–H and O–H groups in total. The summed E-state index contributed by atoms with van der Waals surface area (Å²) in [6, 6.07) is 13.2. The summed E-state index contributed by atoms with van der Waals surface area (Å²) in [6.07, 6.45) is 0.610. The van der Waals surface area contributed by atoms with Gasteiger partial charge in [0.1, 0.15) is 13.2 Å². The third-order valence-electron chi connectivity index (χ3n) is 4.25. The van der Waals surface area contributed by atoms with Crippen LogP contribution in [0.4, 0.5) is 5.69 Å². The molecule has 138 valence electrons. The first-order chi connectivity index (χ1) is 13.2. The molecule has 7 heteroatoms. The number of hydrogen-bond acceptors (Lipinski definition) is 6. The van der Waals surface area contributed by atoms with E-state index in [-0.39, 0.29) is 12.3 Å². The first-order valence-corrected chi connectivity index (χ1v) is 8.77. The third-order valence-corrected chi connectivity index (χ3v) is 4.25. The van der Waals surface area contributed by atoms with E-state index in [1.807, 2.05) is 31.2 Å². The molecule has 1 aliphatic rings. The Hall–Kier alpha value is -3.35. The fourth-order valence-electron chi connectivity index (χ4n) is 2.85. The van der Waals surface area contributed by atoms with E-state index in [9.17, 15) is 4.79 Å². The Morgan fingerprint density at radius 3 is 2.78 bits per heavy atom. The van der Waals surface area contributed by atoms with E-state index in [0.29, 0.717) is 48.5 Å². The molecule has 2 aromatic carbocycles. The van der Waals surface area contributed by atoms with Crippen molar-refractivity contribution in [2.24, 2.45) is 0 Å². The van der Waals surface area contributed by atoms with Crippen LogP contribution in [-0.4, -0.2) is 29.3 Å². The maximum absolute atomic E-state index is 12.2. The van der Waals surface area contributed by atoms with Crippen molar-refractivity contribution in [3.05, 3.63) is 53.9 Å². The smallest absolute Gasteiger partial charge is 0.227 e.